The summed E-state index contributed by atoms with van der Waals surface area (Å²) in [6, 6.07) is 9.44. The summed E-state index contributed by atoms with van der Waals surface area (Å²) in [6.07, 6.45) is 0. The van der Waals surface area contributed by atoms with Gasteiger partial charge in [0.1, 0.15) is 22.3 Å². The zero-order chi connectivity index (χ0) is 13.1. The number of hydrogen-bond donors (Lipinski definition) is 2. The van der Waals surface area contributed by atoms with E-state index < -0.39 is 0 Å². The van der Waals surface area contributed by atoms with Gasteiger partial charge in [0.25, 0.3) is 0 Å². The van der Waals surface area contributed by atoms with E-state index in [0.29, 0.717) is 10.7 Å². The van der Waals surface area contributed by atoms with Crippen LogP contribution in [0.2, 0.25) is 0 Å². The Kier molecular flexibility index (Phi) is 3.62. The predicted octanol–water partition coefficient (Wildman–Crippen LogP) is 2.79. The fourth-order valence-corrected chi connectivity index (χ4v) is 1.75. The molecule has 1 atom stereocenters. The number of aromatic nitrogens is 1. The van der Waals surface area contributed by atoms with E-state index in [4.69, 9.17) is 22.4 Å². The maximum Gasteiger partial charge on any atom is 0.127 e. The summed E-state index contributed by atoms with van der Waals surface area (Å²) in [7, 11) is 0. The van der Waals surface area contributed by atoms with Gasteiger partial charge in [-0.15, -0.1) is 0 Å². The molecule has 0 saturated heterocycles. The number of furan rings is 1. The first kappa shape index (κ1) is 12.6. The third-order valence-electron chi connectivity index (χ3n) is 2.55. The molecular formula is C13H15N3OS. The molecule has 1 unspecified atom stereocenters. The Labute approximate surface area is 111 Å². The molecule has 2 rings (SSSR count). The second kappa shape index (κ2) is 5.18. The van der Waals surface area contributed by atoms with Crippen molar-refractivity contribution >= 4 is 23.0 Å². The van der Waals surface area contributed by atoms with Crippen molar-refractivity contribution in [3.05, 3.63) is 47.5 Å². The number of nitrogens with zero attached hydrogens (tertiary/aromatic N) is 1. The van der Waals surface area contributed by atoms with Crippen LogP contribution in [0.4, 0.5) is 5.82 Å². The Balaban J connectivity index is 2.14. The number of anilines is 1. The van der Waals surface area contributed by atoms with Gasteiger partial charge in [0.15, 0.2) is 0 Å². The molecule has 2 heterocycles. The van der Waals surface area contributed by atoms with Gasteiger partial charge in [-0.1, -0.05) is 18.3 Å². The maximum atomic E-state index is 5.55. The van der Waals surface area contributed by atoms with Gasteiger partial charge in [-0.05, 0) is 38.1 Å². The summed E-state index contributed by atoms with van der Waals surface area (Å²) in [5.41, 5.74) is 6.16. The van der Waals surface area contributed by atoms with Crippen LogP contribution < -0.4 is 11.1 Å². The van der Waals surface area contributed by atoms with Crippen LogP contribution in [0.1, 0.15) is 30.2 Å². The molecular weight excluding hydrogens is 246 g/mol. The summed E-state index contributed by atoms with van der Waals surface area (Å²) in [6.45, 7) is 3.93. The van der Waals surface area contributed by atoms with Crippen molar-refractivity contribution in [2.24, 2.45) is 5.73 Å². The van der Waals surface area contributed by atoms with E-state index >= 15 is 0 Å². The molecule has 2 aromatic rings. The van der Waals surface area contributed by atoms with Gasteiger partial charge in [-0.2, -0.15) is 0 Å². The fraction of sp³-hybridized carbons (Fsp3) is 0.231. The molecule has 0 aromatic carbocycles. The second-order valence-electron chi connectivity index (χ2n) is 4.09. The van der Waals surface area contributed by atoms with Gasteiger partial charge in [0.05, 0.1) is 11.7 Å². The Bertz CT molecular complexity index is 565. The number of nitrogens with two attached hydrogens (primary N) is 1. The van der Waals surface area contributed by atoms with Gasteiger partial charge < -0.3 is 15.5 Å². The van der Waals surface area contributed by atoms with Crippen LogP contribution in [0.15, 0.2) is 34.7 Å². The van der Waals surface area contributed by atoms with Crippen LogP contribution in [-0.2, 0) is 0 Å². The Morgan fingerprint density at radius 1 is 1.39 bits per heavy atom. The lowest BCUT2D eigenvalue weighted by Crippen LogP contribution is -2.13. The summed E-state index contributed by atoms with van der Waals surface area (Å²) < 4.78 is 5.55. The molecule has 0 aliphatic carbocycles. The summed E-state index contributed by atoms with van der Waals surface area (Å²) in [4.78, 5) is 4.62. The lowest BCUT2D eigenvalue weighted by atomic mass is 10.2. The van der Waals surface area contributed by atoms with Crippen LogP contribution in [0.25, 0.3) is 0 Å². The molecule has 0 bridgehead atoms. The van der Waals surface area contributed by atoms with E-state index in [1.54, 1.807) is 6.07 Å². The van der Waals surface area contributed by atoms with Gasteiger partial charge in [0.2, 0.25) is 0 Å². The highest BCUT2D eigenvalue weighted by molar-refractivity contribution is 7.80. The largest absolute Gasteiger partial charge is 0.464 e. The van der Waals surface area contributed by atoms with E-state index in [2.05, 4.69) is 10.3 Å². The third kappa shape index (κ3) is 2.87. The van der Waals surface area contributed by atoms with Crippen LogP contribution in [0, 0.1) is 6.92 Å². The Morgan fingerprint density at radius 2 is 2.17 bits per heavy atom. The predicted molar refractivity (Wildman–Crippen MR) is 75.6 cm³/mol. The number of aryl methyl sites for hydroxylation is 1. The molecule has 3 N–H and O–H groups in total. The van der Waals surface area contributed by atoms with Crippen molar-refractivity contribution < 1.29 is 4.42 Å². The van der Waals surface area contributed by atoms with E-state index in [0.717, 1.165) is 17.3 Å². The highest BCUT2D eigenvalue weighted by Gasteiger charge is 2.10. The van der Waals surface area contributed by atoms with Gasteiger partial charge in [-0.25, -0.2) is 4.98 Å². The number of pyridine rings is 1. The first-order chi connectivity index (χ1) is 8.56. The van der Waals surface area contributed by atoms with Crippen LogP contribution in [0.5, 0.6) is 0 Å². The molecule has 5 heteroatoms. The molecule has 4 nitrogen and oxygen atoms in total. The summed E-state index contributed by atoms with van der Waals surface area (Å²) >= 11 is 4.90. The second-order valence-corrected chi connectivity index (χ2v) is 4.53. The summed E-state index contributed by atoms with van der Waals surface area (Å²) in [5, 5.41) is 3.25. The third-order valence-corrected chi connectivity index (χ3v) is 2.76. The fourth-order valence-electron chi connectivity index (χ4n) is 1.63. The number of rotatable bonds is 4. The average Bonchev–Trinajstić information content (AvgIpc) is 2.76. The highest BCUT2D eigenvalue weighted by atomic mass is 32.1. The van der Waals surface area contributed by atoms with Crippen molar-refractivity contribution in [3.8, 4) is 0 Å². The molecule has 0 aliphatic rings. The van der Waals surface area contributed by atoms with Crippen LogP contribution >= 0.6 is 12.2 Å². The van der Waals surface area contributed by atoms with Crippen molar-refractivity contribution in [2.45, 2.75) is 19.9 Å². The van der Waals surface area contributed by atoms with E-state index in [-0.39, 0.29) is 6.04 Å². The lowest BCUT2D eigenvalue weighted by molar-refractivity contribution is 0.466. The zero-order valence-corrected chi connectivity index (χ0v) is 11.1. The highest BCUT2D eigenvalue weighted by Crippen LogP contribution is 2.20. The standard InChI is InChI=1S/C13H15N3OS/c1-8-6-7-11(17-8)9(2)15-12-5-3-4-10(16-12)13(14)18/h3-7,9H,1-2H3,(H2,14,18)(H,15,16). The maximum absolute atomic E-state index is 5.55. The van der Waals surface area contributed by atoms with Crippen molar-refractivity contribution in [1.82, 2.24) is 4.98 Å². The molecule has 0 aliphatic heterocycles. The molecule has 94 valence electrons. The number of hydrogen-bond acceptors (Lipinski definition) is 4. The first-order valence-corrected chi connectivity index (χ1v) is 6.07. The molecule has 0 fully saturated rings. The average molecular weight is 261 g/mol. The molecule has 0 spiro atoms. The molecule has 0 radical (unpaired) electrons. The molecule has 2 aromatic heterocycles. The SMILES string of the molecule is Cc1ccc(C(C)Nc2cccc(C(N)=S)n2)o1. The van der Waals surface area contributed by atoms with Crippen LogP contribution in [-0.4, -0.2) is 9.97 Å². The minimum absolute atomic E-state index is 0.0350. The number of nitrogens with one attached hydrogen (secondary N) is 1. The van der Waals surface area contributed by atoms with Crippen molar-refractivity contribution in [1.29, 1.82) is 0 Å². The first-order valence-electron chi connectivity index (χ1n) is 5.66. The van der Waals surface area contributed by atoms with Gasteiger partial charge in [0, 0.05) is 0 Å². The smallest absolute Gasteiger partial charge is 0.127 e. The minimum Gasteiger partial charge on any atom is -0.464 e. The molecule has 0 saturated carbocycles. The van der Waals surface area contributed by atoms with Crippen molar-refractivity contribution in [3.63, 3.8) is 0 Å². The molecule has 18 heavy (non-hydrogen) atoms. The van der Waals surface area contributed by atoms with Crippen LogP contribution in [0.3, 0.4) is 0 Å². The summed E-state index contributed by atoms with van der Waals surface area (Å²) in [5.74, 6) is 2.49. The van der Waals surface area contributed by atoms with E-state index in [9.17, 15) is 0 Å². The van der Waals surface area contributed by atoms with Gasteiger partial charge in [-0.3, -0.25) is 0 Å². The molecule has 0 amide bonds. The van der Waals surface area contributed by atoms with Crippen molar-refractivity contribution in [2.75, 3.05) is 5.32 Å². The minimum atomic E-state index is 0.0350. The number of thiocarbonyl (C=S) groups is 1. The van der Waals surface area contributed by atoms with E-state index in [1.165, 1.54) is 0 Å². The quantitative estimate of drug-likeness (QED) is 0.829. The monoisotopic (exact) mass is 261 g/mol. The lowest BCUT2D eigenvalue weighted by Gasteiger charge is -2.12. The van der Waals surface area contributed by atoms with E-state index in [1.807, 2.05) is 38.1 Å². The topological polar surface area (TPSA) is 64.1 Å². The zero-order valence-electron chi connectivity index (χ0n) is 10.3. The normalized spacial score (nSPS) is 12.1. The Morgan fingerprint density at radius 3 is 2.78 bits per heavy atom. The Hall–Kier alpha value is -1.88. The van der Waals surface area contributed by atoms with Gasteiger partial charge >= 0.3 is 0 Å².